The Hall–Kier alpha value is -0.690. The molecular formula is C19H36N4O2. The van der Waals surface area contributed by atoms with Crippen LogP contribution in [0.1, 0.15) is 58.3 Å². The van der Waals surface area contributed by atoms with Gasteiger partial charge in [-0.2, -0.15) is 0 Å². The van der Waals surface area contributed by atoms with Gasteiger partial charge in [-0.15, -0.1) is 0 Å². The fourth-order valence-corrected chi connectivity index (χ4v) is 6.81. The van der Waals surface area contributed by atoms with Gasteiger partial charge in [0.2, 0.25) is 0 Å². The van der Waals surface area contributed by atoms with E-state index in [0.717, 1.165) is 57.9 Å². The number of nitrogens with one attached hydrogen (secondary N) is 4. The molecule has 144 valence electrons. The number of hydrogen-bond donors (Lipinski definition) is 5. The highest BCUT2D eigenvalue weighted by Crippen LogP contribution is 2.65. The molecule has 4 saturated carbocycles. The number of carboxylic acids is 1. The normalized spacial score (nSPS) is 43.4. The van der Waals surface area contributed by atoms with Gasteiger partial charge in [-0.3, -0.25) is 4.79 Å². The average Bonchev–Trinajstić information content (AvgIpc) is 2.57. The molecule has 4 aliphatic rings. The predicted molar refractivity (Wildman–Crippen MR) is 99.8 cm³/mol. The first-order valence-corrected chi connectivity index (χ1v) is 9.85. The second-order valence-corrected chi connectivity index (χ2v) is 9.09. The van der Waals surface area contributed by atoms with E-state index in [1.54, 1.807) is 0 Å². The van der Waals surface area contributed by atoms with Gasteiger partial charge >= 0.3 is 5.97 Å². The molecule has 4 fully saturated rings. The SMILES string of the molecule is CCCCNC(C(=O)O)C12CC3(NC)CC(NC)(CC(NC)(C3)C1)C2. The molecule has 0 aromatic carbocycles. The van der Waals surface area contributed by atoms with Crippen LogP contribution in [-0.2, 0) is 4.79 Å². The summed E-state index contributed by atoms with van der Waals surface area (Å²) in [5.41, 5.74) is -0.175. The van der Waals surface area contributed by atoms with E-state index in [2.05, 4.69) is 28.2 Å². The predicted octanol–water partition coefficient (Wildman–Crippen LogP) is 1.07. The molecule has 6 heteroatoms. The van der Waals surface area contributed by atoms with E-state index < -0.39 is 12.0 Å². The highest BCUT2D eigenvalue weighted by Gasteiger charge is 2.69. The van der Waals surface area contributed by atoms with Gasteiger partial charge in [0.05, 0.1) is 0 Å². The fraction of sp³-hybridized carbons (Fsp3) is 0.947. The molecule has 4 bridgehead atoms. The van der Waals surface area contributed by atoms with Crippen LogP contribution in [0.25, 0.3) is 0 Å². The molecule has 0 saturated heterocycles. The van der Waals surface area contributed by atoms with E-state index in [0.29, 0.717) is 0 Å². The standard InChI is InChI=1S/C19H36N4O2/c1-5-6-7-23-14(15(24)25)16-8-17(20-2)11-18(9-16,21-3)13-19(10-16,12-17)22-4/h14,20-23H,5-13H2,1-4H3,(H,24,25). The van der Waals surface area contributed by atoms with Crippen LogP contribution in [0.5, 0.6) is 0 Å². The van der Waals surface area contributed by atoms with Crippen molar-refractivity contribution in [1.82, 2.24) is 21.3 Å². The van der Waals surface area contributed by atoms with Crippen molar-refractivity contribution >= 4 is 5.97 Å². The van der Waals surface area contributed by atoms with Crippen molar-refractivity contribution in [3.8, 4) is 0 Å². The van der Waals surface area contributed by atoms with Crippen LogP contribution in [0.4, 0.5) is 0 Å². The van der Waals surface area contributed by atoms with Crippen LogP contribution in [0.2, 0.25) is 0 Å². The zero-order valence-corrected chi connectivity index (χ0v) is 16.3. The number of aliphatic carboxylic acids is 1. The van der Waals surface area contributed by atoms with Crippen LogP contribution < -0.4 is 21.3 Å². The third kappa shape index (κ3) is 3.01. The van der Waals surface area contributed by atoms with Gasteiger partial charge in [-0.05, 0) is 72.6 Å². The summed E-state index contributed by atoms with van der Waals surface area (Å²) < 4.78 is 0. The second kappa shape index (κ2) is 6.48. The lowest BCUT2D eigenvalue weighted by atomic mass is 9.40. The second-order valence-electron chi connectivity index (χ2n) is 9.09. The minimum atomic E-state index is -0.693. The average molecular weight is 353 g/mol. The van der Waals surface area contributed by atoms with E-state index in [4.69, 9.17) is 0 Å². The molecule has 0 aliphatic heterocycles. The number of rotatable bonds is 9. The summed E-state index contributed by atoms with van der Waals surface area (Å²) in [5, 5.41) is 24.3. The van der Waals surface area contributed by atoms with Gasteiger partial charge in [0.15, 0.2) is 0 Å². The van der Waals surface area contributed by atoms with Gasteiger partial charge in [-0.25, -0.2) is 0 Å². The molecule has 0 aromatic rings. The van der Waals surface area contributed by atoms with Crippen LogP contribution in [0.3, 0.4) is 0 Å². The molecule has 25 heavy (non-hydrogen) atoms. The molecule has 0 spiro atoms. The zero-order chi connectivity index (χ0) is 18.3. The molecule has 0 heterocycles. The molecule has 0 radical (unpaired) electrons. The monoisotopic (exact) mass is 352 g/mol. The Kier molecular flexibility index (Phi) is 4.95. The van der Waals surface area contributed by atoms with E-state index in [1.807, 2.05) is 21.1 Å². The summed E-state index contributed by atoms with van der Waals surface area (Å²) in [6.45, 7) is 2.92. The Morgan fingerprint density at radius 2 is 1.36 bits per heavy atom. The van der Waals surface area contributed by atoms with E-state index >= 15 is 0 Å². The smallest absolute Gasteiger partial charge is 0.321 e. The van der Waals surface area contributed by atoms with Crippen LogP contribution in [-0.4, -0.2) is 61.4 Å². The molecular weight excluding hydrogens is 316 g/mol. The zero-order valence-electron chi connectivity index (χ0n) is 16.3. The van der Waals surface area contributed by atoms with Gasteiger partial charge in [0, 0.05) is 22.0 Å². The van der Waals surface area contributed by atoms with E-state index in [-0.39, 0.29) is 22.0 Å². The quantitative estimate of drug-likeness (QED) is 0.399. The first kappa shape index (κ1) is 19.1. The summed E-state index contributed by atoms with van der Waals surface area (Å²) >= 11 is 0. The number of unbranched alkanes of at least 4 members (excludes halogenated alkanes) is 1. The molecule has 0 amide bonds. The maximum absolute atomic E-state index is 12.3. The van der Waals surface area contributed by atoms with Crippen LogP contribution in [0, 0.1) is 5.41 Å². The number of carboxylic acid groups (broad SMARTS) is 1. The van der Waals surface area contributed by atoms with Crippen molar-refractivity contribution in [2.45, 2.75) is 80.9 Å². The maximum Gasteiger partial charge on any atom is 0.321 e. The lowest BCUT2D eigenvalue weighted by molar-refractivity contribution is -0.164. The lowest BCUT2D eigenvalue weighted by Crippen LogP contribution is -2.80. The van der Waals surface area contributed by atoms with E-state index in [1.165, 1.54) is 0 Å². The molecule has 1 unspecified atom stereocenters. The van der Waals surface area contributed by atoms with Crippen molar-refractivity contribution in [2.75, 3.05) is 27.7 Å². The molecule has 6 nitrogen and oxygen atoms in total. The summed E-state index contributed by atoms with van der Waals surface area (Å²) in [6, 6.07) is -0.479. The Morgan fingerprint density at radius 3 is 1.68 bits per heavy atom. The Labute approximate surface area is 151 Å². The third-order valence-corrected chi connectivity index (χ3v) is 7.43. The lowest BCUT2D eigenvalue weighted by Gasteiger charge is -2.71. The van der Waals surface area contributed by atoms with Gasteiger partial charge in [-0.1, -0.05) is 13.3 Å². The molecule has 1 atom stereocenters. The summed E-state index contributed by atoms with van der Waals surface area (Å²) in [4.78, 5) is 12.3. The summed E-state index contributed by atoms with van der Waals surface area (Å²) in [5.74, 6) is -0.693. The van der Waals surface area contributed by atoms with Gasteiger partial charge in [0.1, 0.15) is 6.04 Å². The number of hydrogen-bond acceptors (Lipinski definition) is 5. The Balaban J connectivity index is 2.00. The Bertz CT molecular complexity index is 465. The Morgan fingerprint density at radius 1 is 0.920 bits per heavy atom. The molecule has 0 aromatic heterocycles. The van der Waals surface area contributed by atoms with Crippen molar-refractivity contribution in [2.24, 2.45) is 5.41 Å². The largest absolute Gasteiger partial charge is 0.480 e. The highest BCUT2D eigenvalue weighted by atomic mass is 16.4. The molecule has 5 N–H and O–H groups in total. The number of carbonyl (C=O) groups is 1. The summed E-state index contributed by atoms with van der Waals surface area (Å²) in [6.07, 6.45) is 8.18. The van der Waals surface area contributed by atoms with Crippen molar-refractivity contribution in [3.63, 3.8) is 0 Å². The fourth-order valence-electron chi connectivity index (χ4n) is 6.81. The first-order chi connectivity index (χ1) is 11.8. The van der Waals surface area contributed by atoms with Crippen molar-refractivity contribution in [1.29, 1.82) is 0 Å². The first-order valence-electron chi connectivity index (χ1n) is 9.85. The minimum Gasteiger partial charge on any atom is -0.480 e. The van der Waals surface area contributed by atoms with Crippen molar-refractivity contribution in [3.05, 3.63) is 0 Å². The van der Waals surface area contributed by atoms with Crippen LogP contribution >= 0.6 is 0 Å². The van der Waals surface area contributed by atoms with Crippen LogP contribution in [0.15, 0.2) is 0 Å². The van der Waals surface area contributed by atoms with Gasteiger partial charge in [0.25, 0.3) is 0 Å². The van der Waals surface area contributed by atoms with E-state index in [9.17, 15) is 9.90 Å². The molecule has 4 aliphatic carbocycles. The molecule has 4 rings (SSSR count). The van der Waals surface area contributed by atoms with Crippen molar-refractivity contribution < 1.29 is 9.90 Å². The topological polar surface area (TPSA) is 85.4 Å². The minimum absolute atomic E-state index is 0.0148. The highest BCUT2D eigenvalue weighted by molar-refractivity contribution is 5.75. The van der Waals surface area contributed by atoms with Gasteiger partial charge < -0.3 is 26.4 Å². The third-order valence-electron chi connectivity index (χ3n) is 7.43. The maximum atomic E-state index is 12.3. The summed E-state index contributed by atoms with van der Waals surface area (Å²) in [7, 11) is 6.15.